The van der Waals surface area contributed by atoms with Crippen molar-refractivity contribution in [2.45, 2.75) is 89.6 Å². The standard InChI is InChI=1S/C25H51N7O3/c1-15(2)25(33)35-23(21(12-27)32-18(5)16(3)8-9-26)10-17(4)34-22-11-19(6-7-20(22)29)14-31-24(30)13-28/h16-17,19-23,25,32-33H,1,5-14,26-29H2,2-4H3,(H2,30,31). The van der Waals surface area contributed by atoms with Gasteiger partial charge in [-0.2, -0.15) is 0 Å². The summed E-state index contributed by atoms with van der Waals surface area (Å²) in [6.07, 6.45) is 2.13. The Morgan fingerprint density at radius 3 is 2.46 bits per heavy atom. The lowest BCUT2D eigenvalue weighted by atomic mass is 9.84. The second-order valence-corrected chi connectivity index (χ2v) is 9.99. The molecule has 1 fully saturated rings. The van der Waals surface area contributed by atoms with Crippen molar-refractivity contribution in [3.63, 3.8) is 0 Å². The summed E-state index contributed by atoms with van der Waals surface area (Å²) in [6, 6.07) is -0.328. The second-order valence-electron chi connectivity index (χ2n) is 9.99. The van der Waals surface area contributed by atoms with Gasteiger partial charge in [-0.05, 0) is 63.5 Å². The fraction of sp³-hybridized carbons (Fsp3) is 0.800. The summed E-state index contributed by atoms with van der Waals surface area (Å²) in [5, 5.41) is 24.6. The van der Waals surface area contributed by atoms with Gasteiger partial charge in [-0.1, -0.05) is 20.1 Å². The van der Waals surface area contributed by atoms with Crippen LogP contribution in [0.5, 0.6) is 0 Å². The zero-order valence-electron chi connectivity index (χ0n) is 22.0. The minimum atomic E-state index is -1.11. The first kappa shape index (κ1) is 31.5. The van der Waals surface area contributed by atoms with Crippen molar-refractivity contribution in [3.8, 4) is 0 Å². The van der Waals surface area contributed by atoms with Crippen LogP contribution in [0.3, 0.4) is 0 Å². The Hall–Kier alpha value is -1.53. The van der Waals surface area contributed by atoms with E-state index >= 15 is 0 Å². The maximum Gasteiger partial charge on any atom is 0.176 e. The van der Waals surface area contributed by atoms with Crippen LogP contribution in [0.4, 0.5) is 0 Å². The monoisotopic (exact) mass is 497 g/mol. The average Bonchev–Trinajstić information content (AvgIpc) is 2.82. The summed E-state index contributed by atoms with van der Waals surface area (Å²) in [5.41, 5.74) is 25.1. The molecular weight excluding hydrogens is 446 g/mol. The number of amidine groups is 1. The molecule has 12 N–H and O–H groups in total. The molecule has 0 radical (unpaired) electrons. The molecule has 0 aromatic carbocycles. The van der Waals surface area contributed by atoms with Crippen LogP contribution in [0.2, 0.25) is 0 Å². The highest BCUT2D eigenvalue weighted by atomic mass is 16.6. The van der Waals surface area contributed by atoms with Gasteiger partial charge < -0.3 is 48.1 Å². The van der Waals surface area contributed by atoms with Gasteiger partial charge in [0.15, 0.2) is 6.29 Å². The predicted octanol–water partition coefficient (Wildman–Crippen LogP) is 0.498. The molecule has 1 saturated carbocycles. The zero-order valence-corrected chi connectivity index (χ0v) is 22.0. The van der Waals surface area contributed by atoms with Crippen LogP contribution in [0.15, 0.2) is 24.4 Å². The number of aliphatic hydroxyl groups excluding tert-OH is 1. The Balaban J connectivity index is 2.84. The smallest absolute Gasteiger partial charge is 0.176 e. The van der Waals surface area contributed by atoms with Gasteiger partial charge in [0.1, 0.15) is 5.84 Å². The van der Waals surface area contributed by atoms with Crippen molar-refractivity contribution in [3.05, 3.63) is 24.4 Å². The van der Waals surface area contributed by atoms with Crippen molar-refractivity contribution in [1.29, 1.82) is 5.41 Å². The lowest BCUT2D eigenvalue weighted by Crippen LogP contribution is -2.50. The molecule has 0 amide bonds. The summed E-state index contributed by atoms with van der Waals surface area (Å²) >= 11 is 0. The molecule has 0 aromatic rings. The molecule has 10 heteroatoms. The van der Waals surface area contributed by atoms with E-state index in [-0.39, 0.29) is 36.8 Å². The van der Waals surface area contributed by atoms with E-state index in [1.807, 2.05) is 6.92 Å². The predicted molar refractivity (Wildman–Crippen MR) is 143 cm³/mol. The topological polar surface area (TPSA) is 191 Å². The van der Waals surface area contributed by atoms with Gasteiger partial charge in [-0.15, -0.1) is 0 Å². The van der Waals surface area contributed by atoms with Gasteiger partial charge in [0, 0.05) is 31.2 Å². The number of nitrogens with two attached hydrogens (primary N) is 4. The zero-order chi connectivity index (χ0) is 26.5. The molecule has 1 rings (SSSR count). The van der Waals surface area contributed by atoms with Gasteiger partial charge in [0.25, 0.3) is 0 Å². The van der Waals surface area contributed by atoms with Crippen molar-refractivity contribution >= 4 is 5.84 Å². The van der Waals surface area contributed by atoms with Gasteiger partial charge >= 0.3 is 0 Å². The van der Waals surface area contributed by atoms with E-state index in [4.69, 9.17) is 37.8 Å². The van der Waals surface area contributed by atoms with Crippen LogP contribution in [0.25, 0.3) is 0 Å². The fourth-order valence-corrected chi connectivity index (χ4v) is 4.30. The third-order valence-electron chi connectivity index (χ3n) is 6.72. The first-order valence-corrected chi connectivity index (χ1v) is 12.8. The Kier molecular flexibility index (Phi) is 14.6. The second kappa shape index (κ2) is 16.3. The molecule has 0 aromatic heterocycles. The van der Waals surface area contributed by atoms with E-state index in [0.29, 0.717) is 43.4 Å². The van der Waals surface area contributed by atoms with Crippen LogP contribution < -0.4 is 33.6 Å². The van der Waals surface area contributed by atoms with Crippen LogP contribution in [-0.2, 0) is 9.47 Å². The number of allylic oxidation sites excluding steroid dienone is 1. The first-order valence-electron chi connectivity index (χ1n) is 12.8. The van der Waals surface area contributed by atoms with E-state index < -0.39 is 12.4 Å². The molecule has 1 aliphatic rings. The summed E-state index contributed by atoms with van der Waals surface area (Å²) in [6.45, 7) is 15.5. The lowest BCUT2D eigenvalue weighted by Gasteiger charge is -2.37. The van der Waals surface area contributed by atoms with Crippen LogP contribution in [-0.4, -0.2) is 73.8 Å². The average molecular weight is 498 g/mol. The third kappa shape index (κ3) is 11.4. The van der Waals surface area contributed by atoms with Gasteiger partial charge in [-0.3, -0.25) is 5.41 Å². The van der Waals surface area contributed by atoms with E-state index in [1.54, 1.807) is 6.92 Å². The summed E-state index contributed by atoms with van der Waals surface area (Å²) < 4.78 is 12.4. The quantitative estimate of drug-likeness (QED) is 0.0611. The Labute approximate surface area is 211 Å². The number of hydrogen-bond donors (Lipinski definition) is 8. The number of rotatable bonds is 17. The molecular formula is C25H51N7O3. The molecule has 0 aliphatic heterocycles. The molecule has 0 bridgehead atoms. The minimum absolute atomic E-state index is 0.0524. The minimum Gasteiger partial charge on any atom is -0.382 e. The maximum atomic E-state index is 10.4. The number of aliphatic hydroxyl groups is 1. The SMILES string of the molecule is C=C(NC(CN)C(CC(C)OC1CC(CNC(=N)CN)CCC1N)OC(O)C(=C)C)C(C)CCN. The number of nitrogens with one attached hydrogen (secondary N) is 3. The molecule has 35 heavy (non-hydrogen) atoms. The Bertz CT molecular complexity index is 663. The van der Waals surface area contributed by atoms with Crippen LogP contribution in [0.1, 0.15) is 52.9 Å². The molecule has 8 atom stereocenters. The van der Waals surface area contributed by atoms with Crippen molar-refractivity contribution in [2.24, 2.45) is 34.8 Å². The van der Waals surface area contributed by atoms with Crippen LogP contribution in [0, 0.1) is 17.2 Å². The van der Waals surface area contributed by atoms with Gasteiger partial charge in [0.05, 0.1) is 30.9 Å². The summed E-state index contributed by atoms with van der Waals surface area (Å²) in [5.74, 6) is 0.882. The number of hydrogen-bond acceptors (Lipinski definition) is 9. The molecule has 10 nitrogen and oxygen atoms in total. The van der Waals surface area contributed by atoms with E-state index in [0.717, 1.165) is 31.4 Å². The van der Waals surface area contributed by atoms with Gasteiger partial charge in [0.2, 0.25) is 0 Å². The van der Waals surface area contributed by atoms with Gasteiger partial charge in [-0.25, -0.2) is 0 Å². The maximum absolute atomic E-state index is 10.4. The van der Waals surface area contributed by atoms with Crippen LogP contribution >= 0.6 is 0 Å². The van der Waals surface area contributed by atoms with E-state index in [2.05, 4.69) is 30.7 Å². The van der Waals surface area contributed by atoms with Crippen molar-refractivity contribution in [1.82, 2.24) is 10.6 Å². The molecule has 0 heterocycles. The molecule has 8 unspecified atom stereocenters. The molecule has 204 valence electrons. The van der Waals surface area contributed by atoms with Crippen molar-refractivity contribution < 1.29 is 14.6 Å². The largest absolute Gasteiger partial charge is 0.382 e. The Morgan fingerprint density at radius 1 is 1.20 bits per heavy atom. The third-order valence-corrected chi connectivity index (χ3v) is 6.72. The summed E-state index contributed by atoms with van der Waals surface area (Å²) in [4.78, 5) is 0. The van der Waals surface area contributed by atoms with E-state index in [9.17, 15) is 5.11 Å². The highest BCUT2D eigenvalue weighted by Gasteiger charge is 2.32. The number of ether oxygens (including phenoxy) is 2. The molecule has 1 aliphatic carbocycles. The first-order chi connectivity index (χ1) is 16.5. The molecule has 0 spiro atoms. The highest BCUT2D eigenvalue weighted by molar-refractivity contribution is 5.80. The lowest BCUT2D eigenvalue weighted by molar-refractivity contribution is -0.140. The normalized spacial score (nSPS) is 24.6. The van der Waals surface area contributed by atoms with E-state index in [1.165, 1.54) is 0 Å². The molecule has 0 saturated heterocycles. The van der Waals surface area contributed by atoms with Crippen molar-refractivity contribution in [2.75, 3.05) is 26.2 Å². The highest BCUT2D eigenvalue weighted by Crippen LogP contribution is 2.27. The fourth-order valence-electron chi connectivity index (χ4n) is 4.30. The Morgan fingerprint density at radius 2 is 1.89 bits per heavy atom. The summed E-state index contributed by atoms with van der Waals surface area (Å²) in [7, 11) is 0.